The molecule has 0 aliphatic rings. The van der Waals surface area contributed by atoms with E-state index in [2.05, 4.69) is 10.1 Å². The van der Waals surface area contributed by atoms with Gasteiger partial charge in [0.05, 0.1) is 23.4 Å². The number of aromatic nitrogens is 3. The number of nitrogens with one attached hydrogen (secondary N) is 1. The third-order valence-corrected chi connectivity index (χ3v) is 8.56. The van der Waals surface area contributed by atoms with Crippen LogP contribution in [-0.2, 0) is 13.5 Å². The number of benzene rings is 3. The van der Waals surface area contributed by atoms with Crippen molar-refractivity contribution in [2.24, 2.45) is 7.05 Å². The molecule has 0 bridgehead atoms. The minimum absolute atomic E-state index is 0.114. The van der Waals surface area contributed by atoms with Crippen molar-refractivity contribution >= 4 is 40.1 Å². The molecule has 3 aromatic carbocycles. The maximum absolute atomic E-state index is 14.1. The maximum atomic E-state index is 14.1. The second kappa shape index (κ2) is 12.0. The number of halogens is 1. The molecule has 0 fully saturated rings. The van der Waals surface area contributed by atoms with E-state index < -0.39 is 5.97 Å². The van der Waals surface area contributed by atoms with Crippen LogP contribution >= 0.6 is 11.6 Å². The van der Waals surface area contributed by atoms with Crippen molar-refractivity contribution in [3.05, 3.63) is 99.0 Å². The van der Waals surface area contributed by atoms with E-state index in [4.69, 9.17) is 16.3 Å². The lowest BCUT2D eigenvalue weighted by atomic mass is 9.98. The number of hydrogen-bond donors (Lipinski definition) is 2. The van der Waals surface area contributed by atoms with Gasteiger partial charge in [-0.2, -0.15) is 5.10 Å². The number of aromatic amines is 1. The number of anilines is 1. The van der Waals surface area contributed by atoms with Crippen molar-refractivity contribution in [2.45, 2.75) is 40.5 Å². The Balaban J connectivity index is 1.53. The van der Waals surface area contributed by atoms with Crippen molar-refractivity contribution in [3.63, 3.8) is 0 Å². The minimum atomic E-state index is -1.05. The highest BCUT2D eigenvalue weighted by Gasteiger charge is 2.25. The number of para-hydroxylation sites is 1. The summed E-state index contributed by atoms with van der Waals surface area (Å²) in [5.41, 5.74) is 8.66. The molecule has 0 aliphatic carbocycles. The molecule has 222 valence electrons. The Morgan fingerprint density at radius 1 is 1.05 bits per heavy atom. The number of nitrogens with zero attached hydrogens (tertiary/aromatic N) is 3. The molecule has 0 saturated carbocycles. The molecule has 0 saturated heterocycles. The summed E-state index contributed by atoms with van der Waals surface area (Å²) in [4.78, 5) is 30.6. The lowest BCUT2D eigenvalue weighted by molar-refractivity contribution is 0.0696. The fourth-order valence-electron chi connectivity index (χ4n) is 5.65. The van der Waals surface area contributed by atoms with E-state index in [1.165, 1.54) is 17.0 Å². The normalized spacial score (nSPS) is 11.2. The average molecular weight is 599 g/mol. The topological polar surface area (TPSA) is 100 Å². The van der Waals surface area contributed by atoms with Crippen LogP contribution in [0.1, 0.15) is 55.3 Å². The molecule has 0 unspecified atom stereocenters. The molecule has 0 aliphatic heterocycles. The smallest absolute Gasteiger partial charge is 0.335 e. The maximum Gasteiger partial charge on any atom is 0.335 e. The van der Waals surface area contributed by atoms with E-state index in [0.29, 0.717) is 30.8 Å². The van der Waals surface area contributed by atoms with Crippen LogP contribution < -0.4 is 9.64 Å². The molecule has 5 aromatic rings. The lowest BCUT2D eigenvalue weighted by Gasteiger charge is -2.18. The monoisotopic (exact) mass is 598 g/mol. The average Bonchev–Trinajstić information content (AvgIpc) is 3.48. The first-order chi connectivity index (χ1) is 20.5. The molecule has 2 heterocycles. The van der Waals surface area contributed by atoms with Crippen molar-refractivity contribution < 1.29 is 19.4 Å². The number of fused-ring (bicyclic) bond motifs is 1. The van der Waals surface area contributed by atoms with E-state index in [-0.39, 0.29) is 11.5 Å². The van der Waals surface area contributed by atoms with Crippen LogP contribution in [-0.4, -0.2) is 45.4 Å². The van der Waals surface area contributed by atoms with Gasteiger partial charge < -0.3 is 19.7 Å². The fourth-order valence-corrected chi connectivity index (χ4v) is 5.76. The quantitative estimate of drug-likeness (QED) is 0.172. The van der Waals surface area contributed by atoms with Gasteiger partial charge in [-0.25, -0.2) is 4.79 Å². The van der Waals surface area contributed by atoms with Gasteiger partial charge in [0.2, 0.25) is 0 Å². The number of H-pyrrole nitrogens is 1. The Kier molecular flexibility index (Phi) is 8.33. The number of rotatable bonds is 9. The van der Waals surface area contributed by atoms with Crippen LogP contribution in [0.2, 0.25) is 5.02 Å². The van der Waals surface area contributed by atoms with Crippen LogP contribution in [0.5, 0.6) is 5.75 Å². The molecular weight excluding hydrogens is 564 g/mol. The fraction of sp³-hybridized carbons (Fsp3) is 0.265. The number of amides is 1. The van der Waals surface area contributed by atoms with Gasteiger partial charge in [-0.05, 0) is 87.6 Å². The SMILES string of the molecule is Cc1cc(OCCCc2c(C(=O)N(C)c3cccc(C(=O)O)c3)[nH]c3c(-c4c(C)nn(C)c4C)cccc23)cc(C)c1Cl. The van der Waals surface area contributed by atoms with Gasteiger partial charge in [-0.15, -0.1) is 0 Å². The second-order valence-electron chi connectivity index (χ2n) is 10.9. The third kappa shape index (κ3) is 5.75. The number of carboxylic acids is 1. The van der Waals surface area contributed by atoms with Crippen molar-refractivity contribution in [1.82, 2.24) is 14.8 Å². The Morgan fingerprint density at radius 2 is 1.74 bits per heavy atom. The van der Waals surface area contributed by atoms with Gasteiger partial charge in [0.1, 0.15) is 11.4 Å². The Bertz CT molecular complexity index is 1850. The molecule has 0 atom stereocenters. The summed E-state index contributed by atoms with van der Waals surface area (Å²) >= 11 is 6.32. The van der Waals surface area contributed by atoms with Crippen molar-refractivity contribution in [1.29, 1.82) is 0 Å². The highest BCUT2D eigenvalue weighted by Crippen LogP contribution is 2.36. The minimum Gasteiger partial charge on any atom is -0.494 e. The Hall–Kier alpha value is -4.56. The number of aromatic carboxylic acids is 1. The Morgan fingerprint density at radius 3 is 2.40 bits per heavy atom. The summed E-state index contributed by atoms with van der Waals surface area (Å²) in [6.07, 6.45) is 1.26. The third-order valence-electron chi connectivity index (χ3n) is 7.97. The van der Waals surface area contributed by atoms with Crippen molar-refractivity contribution in [2.75, 3.05) is 18.6 Å². The van der Waals surface area contributed by atoms with Crippen LogP contribution in [0, 0.1) is 27.7 Å². The Labute approximate surface area is 255 Å². The van der Waals surface area contributed by atoms with Crippen LogP contribution in [0.4, 0.5) is 5.69 Å². The first-order valence-electron chi connectivity index (χ1n) is 14.1. The van der Waals surface area contributed by atoms with Gasteiger partial charge in [0.25, 0.3) is 5.91 Å². The molecule has 2 N–H and O–H groups in total. The standard InChI is InChI=1S/C34H35ClN4O4/c1-19-16-25(17-20(2)30(19)35)43-15-9-14-27-26-12-8-13-28(29-21(3)37-39(6)22(29)4)31(26)36-32(27)33(40)38(5)24-11-7-10-23(18-24)34(41)42/h7-8,10-13,16-18,36H,9,14-15H2,1-6H3,(H,41,42). The number of ether oxygens (including phenoxy) is 1. The van der Waals surface area contributed by atoms with E-state index in [0.717, 1.165) is 60.9 Å². The molecule has 5 rings (SSSR count). The van der Waals surface area contributed by atoms with Crippen molar-refractivity contribution in [3.8, 4) is 16.9 Å². The molecular formula is C34H35ClN4O4. The van der Waals surface area contributed by atoms with Crippen LogP contribution in [0.25, 0.3) is 22.0 Å². The van der Waals surface area contributed by atoms with Gasteiger partial charge in [-0.3, -0.25) is 9.48 Å². The zero-order chi connectivity index (χ0) is 31.0. The summed E-state index contributed by atoms with van der Waals surface area (Å²) in [6, 6.07) is 16.3. The summed E-state index contributed by atoms with van der Waals surface area (Å²) in [5.74, 6) is -0.548. The molecule has 0 spiro atoms. The predicted molar refractivity (Wildman–Crippen MR) is 171 cm³/mol. The molecule has 9 heteroatoms. The van der Waals surface area contributed by atoms with Crippen LogP contribution in [0.15, 0.2) is 54.6 Å². The van der Waals surface area contributed by atoms with E-state index in [9.17, 15) is 14.7 Å². The van der Waals surface area contributed by atoms with Gasteiger partial charge >= 0.3 is 5.97 Å². The second-order valence-corrected chi connectivity index (χ2v) is 11.3. The first kappa shape index (κ1) is 29.9. The van der Waals surface area contributed by atoms with E-state index in [1.54, 1.807) is 19.2 Å². The summed E-state index contributed by atoms with van der Waals surface area (Å²) in [5, 5.41) is 15.8. The van der Waals surface area contributed by atoms with Gasteiger partial charge in [-0.1, -0.05) is 35.9 Å². The predicted octanol–water partition coefficient (Wildman–Crippen LogP) is 7.44. The lowest BCUT2D eigenvalue weighted by Crippen LogP contribution is -2.27. The van der Waals surface area contributed by atoms with Gasteiger partial charge in [0, 0.05) is 47.0 Å². The number of carboxylic acid groups (broad SMARTS) is 1. The van der Waals surface area contributed by atoms with E-state index >= 15 is 0 Å². The molecule has 1 amide bonds. The van der Waals surface area contributed by atoms with Gasteiger partial charge in [0.15, 0.2) is 0 Å². The molecule has 8 nitrogen and oxygen atoms in total. The summed E-state index contributed by atoms with van der Waals surface area (Å²) in [7, 11) is 3.58. The number of carbonyl (C=O) groups excluding carboxylic acids is 1. The molecule has 2 aromatic heterocycles. The zero-order valence-corrected chi connectivity index (χ0v) is 26.0. The number of aryl methyl sites for hydroxylation is 5. The zero-order valence-electron chi connectivity index (χ0n) is 25.2. The number of hydrogen-bond acceptors (Lipinski definition) is 4. The summed E-state index contributed by atoms with van der Waals surface area (Å²) in [6.45, 7) is 8.39. The number of carbonyl (C=O) groups is 2. The largest absolute Gasteiger partial charge is 0.494 e. The highest BCUT2D eigenvalue weighted by atomic mass is 35.5. The molecule has 43 heavy (non-hydrogen) atoms. The molecule has 0 radical (unpaired) electrons. The summed E-state index contributed by atoms with van der Waals surface area (Å²) < 4.78 is 7.94. The highest BCUT2D eigenvalue weighted by molar-refractivity contribution is 6.32. The van der Waals surface area contributed by atoms with Crippen LogP contribution in [0.3, 0.4) is 0 Å². The van der Waals surface area contributed by atoms with E-state index in [1.807, 2.05) is 69.8 Å². The first-order valence-corrected chi connectivity index (χ1v) is 14.5.